The molecule has 22 heavy (non-hydrogen) atoms. The molecule has 0 amide bonds. The fourth-order valence-corrected chi connectivity index (χ4v) is 2.15. The van der Waals surface area contributed by atoms with Crippen molar-refractivity contribution in [3.05, 3.63) is 70.7 Å². The fourth-order valence-electron chi connectivity index (χ4n) is 2.15. The van der Waals surface area contributed by atoms with Crippen LogP contribution in [0.25, 0.3) is 16.9 Å². The van der Waals surface area contributed by atoms with E-state index in [-0.39, 0.29) is 11.4 Å². The summed E-state index contributed by atoms with van der Waals surface area (Å²) in [5.41, 5.74) is 1.77. The first-order chi connectivity index (χ1) is 10.7. The number of nitriles is 1. The lowest BCUT2D eigenvalue weighted by atomic mass is 10.2. The maximum Gasteiger partial charge on any atom is 0.294 e. The number of hydrogen-bond donors (Lipinski definition) is 0. The molecule has 0 spiro atoms. The quantitative estimate of drug-likeness (QED) is 0.546. The van der Waals surface area contributed by atoms with Crippen LogP contribution in [0.15, 0.2) is 54.9 Å². The van der Waals surface area contributed by atoms with Gasteiger partial charge in [-0.25, -0.2) is 4.68 Å². The summed E-state index contributed by atoms with van der Waals surface area (Å²) in [6.45, 7) is 0. The zero-order valence-electron chi connectivity index (χ0n) is 11.2. The lowest BCUT2D eigenvalue weighted by Gasteiger charge is -2.07. The molecule has 0 atom stereocenters. The molecule has 2 aromatic heterocycles. The summed E-state index contributed by atoms with van der Waals surface area (Å²) in [4.78, 5) is 14.7. The Morgan fingerprint density at radius 1 is 1.18 bits per heavy atom. The van der Waals surface area contributed by atoms with E-state index in [4.69, 9.17) is 5.26 Å². The van der Waals surface area contributed by atoms with Crippen LogP contribution in [0, 0.1) is 21.4 Å². The second-order valence-corrected chi connectivity index (χ2v) is 4.42. The molecule has 0 fully saturated rings. The maximum absolute atomic E-state index is 11.2. The largest absolute Gasteiger partial charge is 0.294 e. The molecule has 0 aliphatic heterocycles. The molecule has 0 bridgehead atoms. The predicted octanol–water partition coefficient (Wildman–Crippen LogP) is 2.71. The zero-order valence-corrected chi connectivity index (χ0v) is 11.2. The Morgan fingerprint density at radius 3 is 2.59 bits per heavy atom. The molecule has 106 valence electrons. The van der Waals surface area contributed by atoms with Crippen molar-refractivity contribution in [2.24, 2.45) is 0 Å². The highest BCUT2D eigenvalue weighted by molar-refractivity contribution is 5.65. The number of nitrogens with zero attached hydrogens (tertiary/aromatic N) is 5. The van der Waals surface area contributed by atoms with Gasteiger partial charge in [0.1, 0.15) is 11.8 Å². The third-order valence-corrected chi connectivity index (χ3v) is 3.11. The Hall–Kier alpha value is -3.53. The van der Waals surface area contributed by atoms with Crippen LogP contribution >= 0.6 is 0 Å². The summed E-state index contributed by atoms with van der Waals surface area (Å²) in [6.07, 6.45) is 3.22. The second-order valence-electron chi connectivity index (χ2n) is 4.42. The first kappa shape index (κ1) is 13.5. The molecular weight excluding hydrogens is 282 g/mol. The zero-order chi connectivity index (χ0) is 15.5. The lowest BCUT2D eigenvalue weighted by molar-refractivity contribution is -0.384. The van der Waals surface area contributed by atoms with Gasteiger partial charge in [0.2, 0.25) is 0 Å². The number of hydrogen-bond acceptors (Lipinski definition) is 5. The van der Waals surface area contributed by atoms with Gasteiger partial charge in [0, 0.05) is 30.1 Å². The Kier molecular flexibility index (Phi) is 3.34. The van der Waals surface area contributed by atoms with E-state index in [0.29, 0.717) is 11.4 Å². The van der Waals surface area contributed by atoms with E-state index < -0.39 is 4.92 Å². The Morgan fingerprint density at radius 2 is 1.91 bits per heavy atom. The van der Waals surface area contributed by atoms with E-state index in [2.05, 4.69) is 10.1 Å². The van der Waals surface area contributed by atoms with Crippen molar-refractivity contribution in [2.75, 3.05) is 0 Å². The molecule has 0 saturated heterocycles. The van der Waals surface area contributed by atoms with Crippen LogP contribution in [-0.4, -0.2) is 19.7 Å². The van der Waals surface area contributed by atoms with Gasteiger partial charge in [0.25, 0.3) is 5.69 Å². The van der Waals surface area contributed by atoms with E-state index in [1.54, 1.807) is 48.8 Å². The van der Waals surface area contributed by atoms with Crippen LogP contribution in [0.5, 0.6) is 0 Å². The van der Waals surface area contributed by atoms with Gasteiger partial charge in [0.15, 0.2) is 5.69 Å². The van der Waals surface area contributed by atoms with Crippen molar-refractivity contribution in [3.8, 4) is 23.0 Å². The standard InChI is InChI=1S/C15H9N5O2/c16-10-12-9-15(11-5-7-17-8-6-11)19(18-12)13-3-1-2-4-14(13)20(21)22/h1-9H. The van der Waals surface area contributed by atoms with Gasteiger partial charge in [-0.15, -0.1) is 0 Å². The highest BCUT2D eigenvalue weighted by Gasteiger charge is 2.19. The summed E-state index contributed by atoms with van der Waals surface area (Å²) in [7, 11) is 0. The SMILES string of the molecule is N#Cc1cc(-c2ccncc2)n(-c2ccccc2[N+](=O)[O-])n1. The van der Waals surface area contributed by atoms with Crippen molar-refractivity contribution in [2.45, 2.75) is 0 Å². The number of para-hydroxylation sites is 2. The van der Waals surface area contributed by atoms with Crippen molar-refractivity contribution >= 4 is 5.69 Å². The predicted molar refractivity (Wildman–Crippen MR) is 78.2 cm³/mol. The molecule has 7 nitrogen and oxygen atoms in total. The third-order valence-electron chi connectivity index (χ3n) is 3.11. The maximum atomic E-state index is 11.2. The highest BCUT2D eigenvalue weighted by atomic mass is 16.6. The lowest BCUT2D eigenvalue weighted by Crippen LogP contribution is -2.03. The minimum absolute atomic E-state index is 0.0783. The van der Waals surface area contributed by atoms with E-state index in [1.807, 2.05) is 6.07 Å². The molecule has 3 aromatic rings. The van der Waals surface area contributed by atoms with Crippen LogP contribution in [0.2, 0.25) is 0 Å². The van der Waals surface area contributed by atoms with E-state index in [0.717, 1.165) is 5.56 Å². The number of nitro benzene ring substituents is 1. The van der Waals surface area contributed by atoms with Gasteiger partial charge in [-0.1, -0.05) is 12.1 Å². The summed E-state index contributed by atoms with van der Waals surface area (Å²) >= 11 is 0. The molecule has 7 heteroatoms. The number of rotatable bonds is 3. The molecule has 0 saturated carbocycles. The number of pyridine rings is 1. The van der Waals surface area contributed by atoms with Crippen LogP contribution in [0.4, 0.5) is 5.69 Å². The van der Waals surface area contributed by atoms with Crippen LogP contribution in [0.1, 0.15) is 5.69 Å². The molecule has 0 unspecified atom stereocenters. The number of nitro groups is 1. The summed E-state index contributed by atoms with van der Waals surface area (Å²) in [6, 6.07) is 13.3. The Labute approximate surface area is 125 Å². The van der Waals surface area contributed by atoms with Gasteiger partial charge in [-0.2, -0.15) is 10.4 Å². The van der Waals surface area contributed by atoms with Crippen molar-refractivity contribution in [3.63, 3.8) is 0 Å². The number of aromatic nitrogens is 3. The van der Waals surface area contributed by atoms with Crippen molar-refractivity contribution in [1.82, 2.24) is 14.8 Å². The summed E-state index contributed by atoms with van der Waals surface area (Å²) < 4.78 is 1.41. The molecule has 3 rings (SSSR count). The first-order valence-electron chi connectivity index (χ1n) is 6.35. The summed E-state index contributed by atoms with van der Waals surface area (Å²) in [5.74, 6) is 0. The van der Waals surface area contributed by atoms with Gasteiger partial charge >= 0.3 is 0 Å². The average molecular weight is 291 g/mol. The van der Waals surface area contributed by atoms with Gasteiger partial charge in [-0.05, 0) is 18.2 Å². The van der Waals surface area contributed by atoms with Crippen LogP contribution < -0.4 is 0 Å². The highest BCUT2D eigenvalue weighted by Crippen LogP contribution is 2.28. The van der Waals surface area contributed by atoms with Gasteiger partial charge in [-0.3, -0.25) is 15.1 Å². The molecule has 0 N–H and O–H groups in total. The Bertz CT molecular complexity index is 880. The van der Waals surface area contributed by atoms with Gasteiger partial charge < -0.3 is 0 Å². The van der Waals surface area contributed by atoms with E-state index in [9.17, 15) is 10.1 Å². The van der Waals surface area contributed by atoms with E-state index >= 15 is 0 Å². The molecular formula is C15H9N5O2. The molecule has 2 heterocycles. The molecule has 0 aliphatic rings. The third kappa shape index (κ3) is 2.29. The van der Waals surface area contributed by atoms with Crippen molar-refractivity contribution in [1.29, 1.82) is 5.26 Å². The first-order valence-corrected chi connectivity index (χ1v) is 6.35. The topological polar surface area (TPSA) is 97.6 Å². The number of benzene rings is 1. The Balaban J connectivity index is 2.27. The molecule has 0 radical (unpaired) electrons. The second kappa shape index (κ2) is 5.46. The molecule has 1 aromatic carbocycles. The smallest absolute Gasteiger partial charge is 0.265 e. The van der Waals surface area contributed by atoms with Crippen molar-refractivity contribution < 1.29 is 4.92 Å². The van der Waals surface area contributed by atoms with Gasteiger partial charge in [0.05, 0.1) is 10.6 Å². The van der Waals surface area contributed by atoms with Crippen LogP contribution in [0.3, 0.4) is 0 Å². The minimum atomic E-state index is -0.473. The fraction of sp³-hybridized carbons (Fsp3) is 0. The average Bonchev–Trinajstić information content (AvgIpc) is 3.00. The minimum Gasteiger partial charge on any atom is -0.265 e. The molecule has 0 aliphatic carbocycles. The monoisotopic (exact) mass is 291 g/mol. The van der Waals surface area contributed by atoms with Crippen LogP contribution in [-0.2, 0) is 0 Å². The van der Waals surface area contributed by atoms with E-state index in [1.165, 1.54) is 10.7 Å². The summed E-state index contributed by atoms with van der Waals surface area (Å²) in [5, 5.41) is 24.4. The normalized spacial score (nSPS) is 10.1.